The van der Waals surface area contributed by atoms with Crippen molar-refractivity contribution in [1.29, 1.82) is 0 Å². The van der Waals surface area contributed by atoms with Gasteiger partial charge in [-0.3, -0.25) is 4.31 Å². The number of hydrogen-bond acceptors (Lipinski definition) is 1. The molecule has 0 saturated heterocycles. The van der Waals surface area contributed by atoms with Crippen molar-refractivity contribution >= 4 is 10.2 Å². The summed E-state index contributed by atoms with van der Waals surface area (Å²) in [6.07, 6.45) is 11.0. The largest absolute Gasteiger partial charge is 0.261 e. The number of hydrogen-bond donors (Lipinski definition) is 0. The molecular weight excluding hydrogens is 274 g/mol. The van der Waals surface area contributed by atoms with E-state index in [-0.39, 0.29) is 0 Å². The van der Waals surface area contributed by atoms with Gasteiger partial charge in [0.25, 0.3) is 0 Å². The van der Waals surface area contributed by atoms with Crippen LogP contribution in [0, 0.1) is 11.8 Å². The van der Waals surface area contributed by atoms with Gasteiger partial charge in [-0.1, -0.05) is 53.0 Å². The van der Waals surface area contributed by atoms with Crippen molar-refractivity contribution in [2.75, 3.05) is 18.8 Å². The lowest BCUT2D eigenvalue weighted by Gasteiger charge is -2.43. The SMILES string of the molecule is CCN(CC)S1(CCC(C)C)C=CC(C2CCCCC2)=C1. The Morgan fingerprint density at radius 2 is 1.81 bits per heavy atom. The third-order valence-corrected chi connectivity index (χ3v) is 8.78. The van der Waals surface area contributed by atoms with Crippen LogP contribution in [0.15, 0.2) is 22.5 Å². The van der Waals surface area contributed by atoms with Crippen molar-refractivity contribution in [2.45, 2.75) is 66.2 Å². The quantitative estimate of drug-likeness (QED) is 0.550. The van der Waals surface area contributed by atoms with Crippen LogP contribution in [0.2, 0.25) is 0 Å². The molecule has 21 heavy (non-hydrogen) atoms. The normalized spacial score (nSPS) is 29.9. The van der Waals surface area contributed by atoms with Crippen molar-refractivity contribution in [1.82, 2.24) is 4.31 Å². The van der Waals surface area contributed by atoms with E-state index < -0.39 is 10.2 Å². The van der Waals surface area contributed by atoms with E-state index in [1.165, 1.54) is 57.4 Å². The van der Waals surface area contributed by atoms with Gasteiger partial charge in [0.2, 0.25) is 0 Å². The summed E-state index contributed by atoms with van der Waals surface area (Å²) in [5.74, 6) is 3.03. The first-order valence-corrected chi connectivity index (χ1v) is 11.0. The second-order valence-corrected chi connectivity index (χ2v) is 10.1. The van der Waals surface area contributed by atoms with Crippen LogP contribution in [0.25, 0.3) is 0 Å². The van der Waals surface area contributed by atoms with Crippen LogP contribution in [-0.4, -0.2) is 23.1 Å². The fourth-order valence-corrected chi connectivity index (χ4v) is 7.58. The highest BCUT2D eigenvalue weighted by Gasteiger charge is 2.31. The van der Waals surface area contributed by atoms with Crippen LogP contribution in [-0.2, 0) is 0 Å². The molecule has 1 atom stereocenters. The number of nitrogens with zero attached hydrogens (tertiary/aromatic N) is 1. The lowest BCUT2D eigenvalue weighted by Crippen LogP contribution is -2.27. The number of allylic oxidation sites excluding steroid dienone is 2. The summed E-state index contributed by atoms with van der Waals surface area (Å²) < 4.78 is 2.74. The Labute approximate surface area is 134 Å². The van der Waals surface area contributed by atoms with Crippen molar-refractivity contribution in [3.05, 3.63) is 22.5 Å². The van der Waals surface area contributed by atoms with Gasteiger partial charge in [0.05, 0.1) is 0 Å². The smallest absolute Gasteiger partial charge is 0.00517 e. The minimum Gasteiger partial charge on any atom is -0.261 e. The first-order chi connectivity index (χ1) is 10.1. The first-order valence-electron chi connectivity index (χ1n) is 9.07. The van der Waals surface area contributed by atoms with E-state index in [1.807, 2.05) is 0 Å². The summed E-state index contributed by atoms with van der Waals surface area (Å²) >= 11 is 0. The average molecular weight is 310 g/mol. The average Bonchev–Trinajstić information content (AvgIpc) is 2.93. The molecule has 1 fully saturated rings. The Hall–Kier alpha value is -0.210. The fourth-order valence-electron chi connectivity index (χ4n) is 3.72. The van der Waals surface area contributed by atoms with Crippen molar-refractivity contribution in [2.24, 2.45) is 11.8 Å². The van der Waals surface area contributed by atoms with Gasteiger partial charge in [0.1, 0.15) is 0 Å². The van der Waals surface area contributed by atoms with E-state index in [1.54, 1.807) is 5.57 Å². The summed E-state index contributed by atoms with van der Waals surface area (Å²) in [5, 5.41) is 5.32. The van der Waals surface area contributed by atoms with Crippen LogP contribution in [0.5, 0.6) is 0 Å². The molecule has 1 aliphatic heterocycles. The highest BCUT2D eigenvalue weighted by atomic mass is 32.3. The van der Waals surface area contributed by atoms with Crippen LogP contribution in [0.1, 0.15) is 66.2 Å². The zero-order chi connectivity index (χ0) is 15.3. The molecule has 0 aromatic rings. The van der Waals surface area contributed by atoms with Gasteiger partial charge in [-0.05, 0) is 53.2 Å². The van der Waals surface area contributed by atoms with E-state index in [4.69, 9.17) is 0 Å². The molecule has 0 aromatic carbocycles. The van der Waals surface area contributed by atoms with Gasteiger partial charge in [0, 0.05) is 13.1 Å². The monoisotopic (exact) mass is 309 g/mol. The zero-order valence-corrected chi connectivity index (χ0v) is 15.4. The predicted molar refractivity (Wildman–Crippen MR) is 98.6 cm³/mol. The highest BCUT2D eigenvalue weighted by Crippen LogP contribution is 2.60. The van der Waals surface area contributed by atoms with Crippen LogP contribution < -0.4 is 0 Å². The van der Waals surface area contributed by atoms with Crippen molar-refractivity contribution in [3.63, 3.8) is 0 Å². The van der Waals surface area contributed by atoms with Gasteiger partial charge in [-0.15, -0.1) is 10.2 Å². The molecule has 1 aliphatic carbocycles. The van der Waals surface area contributed by atoms with Gasteiger partial charge < -0.3 is 0 Å². The second kappa shape index (κ2) is 7.87. The van der Waals surface area contributed by atoms with E-state index in [0.29, 0.717) is 0 Å². The zero-order valence-electron chi connectivity index (χ0n) is 14.6. The van der Waals surface area contributed by atoms with E-state index in [9.17, 15) is 0 Å². The molecule has 2 aliphatic rings. The third kappa shape index (κ3) is 4.16. The molecule has 2 heteroatoms. The molecule has 0 bridgehead atoms. The summed E-state index contributed by atoms with van der Waals surface area (Å²) in [4.78, 5) is 0. The first kappa shape index (κ1) is 17.1. The maximum absolute atomic E-state index is 2.74. The second-order valence-electron chi connectivity index (χ2n) is 7.07. The molecule has 0 N–H and O–H groups in total. The maximum atomic E-state index is 2.74. The van der Waals surface area contributed by atoms with Crippen LogP contribution >= 0.6 is 10.2 Å². The summed E-state index contributed by atoms with van der Waals surface area (Å²) in [5.41, 5.74) is 1.68. The van der Waals surface area contributed by atoms with Crippen LogP contribution in [0.3, 0.4) is 0 Å². The molecule has 1 unspecified atom stereocenters. The lowest BCUT2D eigenvalue weighted by molar-refractivity contribution is 0.409. The minimum atomic E-state index is -0.805. The van der Waals surface area contributed by atoms with Gasteiger partial charge in [-0.25, -0.2) is 0 Å². The predicted octanol–water partition coefficient (Wildman–Crippen LogP) is 6.09. The van der Waals surface area contributed by atoms with Crippen molar-refractivity contribution < 1.29 is 0 Å². The lowest BCUT2D eigenvalue weighted by atomic mass is 9.84. The Kier molecular flexibility index (Phi) is 6.43. The molecule has 1 heterocycles. The fraction of sp³-hybridized carbons (Fsp3) is 0.789. The van der Waals surface area contributed by atoms with Crippen molar-refractivity contribution in [3.8, 4) is 0 Å². The molecule has 1 nitrogen and oxygen atoms in total. The van der Waals surface area contributed by atoms with E-state index in [0.717, 1.165) is 11.8 Å². The standard InChI is InChI=1S/C19H35NS/c1-5-20(6-2)21(14-12-17(3)4)15-13-19(16-21)18-10-8-7-9-11-18/h13,15-18H,5-12,14H2,1-4H3. The molecule has 2 rings (SSSR count). The molecular formula is C19H35NS. The Morgan fingerprint density at radius 3 is 2.38 bits per heavy atom. The maximum Gasteiger partial charge on any atom is 0.00517 e. The topological polar surface area (TPSA) is 3.24 Å². The molecule has 122 valence electrons. The molecule has 0 spiro atoms. The highest BCUT2D eigenvalue weighted by molar-refractivity contribution is 8.36. The Morgan fingerprint density at radius 1 is 1.14 bits per heavy atom. The van der Waals surface area contributed by atoms with Crippen LogP contribution in [0.4, 0.5) is 0 Å². The van der Waals surface area contributed by atoms with Gasteiger partial charge in [0.15, 0.2) is 0 Å². The summed E-state index contributed by atoms with van der Waals surface area (Å²) in [6, 6.07) is 0. The van der Waals surface area contributed by atoms with E-state index in [2.05, 4.69) is 48.9 Å². The van der Waals surface area contributed by atoms with Gasteiger partial charge >= 0.3 is 0 Å². The summed E-state index contributed by atoms with van der Waals surface area (Å²) in [6.45, 7) is 11.7. The molecule has 0 radical (unpaired) electrons. The minimum absolute atomic E-state index is 0.805. The molecule has 0 amide bonds. The third-order valence-electron chi connectivity index (χ3n) is 5.12. The van der Waals surface area contributed by atoms with Gasteiger partial charge in [-0.2, -0.15) is 0 Å². The number of rotatable bonds is 7. The van der Waals surface area contributed by atoms with E-state index >= 15 is 0 Å². The molecule has 1 saturated carbocycles. The molecule has 0 aromatic heterocycles. The Bertz CT molecular complexity index is 375. The summed E-state index contributed by atoms with van der Waals surface area (Å²) in [7, 11) is -0.805. The Balaban J connectivity index is 2.16.